The number of hydrogen-bond acceptors (Lipinski definition) is 3. The highest BCUT2D eigenvalue weighted by molar-refractivity contribution is 9.10. The second kappa shape index (κ2) is 8.27. The van der Waals surface area contributed by atoms with Crippen molar-refractivity contribution in [1.82, 2.24) is 5.32 Å². The number of carbonyl (C=O) groups excluding carboxylic acids is 2. The number of nitrogens with one attached hydrogen (secondary N) is 2. The van der Waals surface area contributed by atoms with E-state index in [1.807, 2.05) is 12.1 Å². The van der Waals surface area contributed by atoms with Crippen LogP contribution < -0.4 is 10.6 Å². The van der Waals surface area contributed by atoms with E-state index in [0.717, 1.165) is 23.9 Å². The van der Waals surface area contributed by atoms with Crippen molar-refractivity contribution in [1.29, 1.82) is 0 Å². The molecule has 2 aromatic carbocycles. The molecule has 2 N–H and O–H groups in total. The highest BCUT2D eigenvalue weighted by atomic mass is 79.9. The van der Waals surface area contributed by atoms with Gasteiger partial charge in [-0.05, 0) is 59.1 Å². The molecule has 1 heterocycles. The second-order valence-corrected chi connectivity index (χ2v) is 6.71. The normalized spacial score (nSPS) is 16.4. The summed E-state index contributed by atoms with van der Waals surface area (Å²) >= 11 is 3.36. The van der Waals surface area contributed by atoms with Gasteiger partial charge in [-0.2, -0.15) is 0 Å². The van der Waals surface area contributed by atoms with E-state index in [2.05, 4.69) is 26.6 Å². The van der Waals surface area contributed by atoms with Crippen LogP contribution in [0.2, 0.25) is 0 Å². The largest absolute Gasteiger partial charge is 0.376 e. The summed E-state index contributed by atoms with van der Waals surface area (Å²) in [7, 11) is 0. The van der Waals surface area contributed by atoms with E-state index in [-0.39, 0.29) is 17.9 Å². The summed E-state index contributed by atoms with van der Waals surface area (Å²) in [6, 6.07) is 14.1. The minimum absolute atomic E-state index is 0.0993. The topological polar surface area (TPSA) is 67.4 Å². The summed E-state index contributed by atoms with van der Waals surface area (Å²) in [6.45, 7) is 1.27. The van der Waals surface area contributed by atoms with Crippen LogP contribution in [0.3, 0.4) is 0 Å². The molecule has 1 fully saturated rings. The Bertz CT molecular complexity index is 773. The number of rotatable bonds is 5. The number of halogens is 1. The van der Waals surface area contributed by atoms with Crippen LogP contribution in [0.15, 0.2) is 53.0 Å². The Labute approximate surface area is 154 Å². The Kier molecular flexibility index (Phi) is 5.83. The van der Waals surface area contributed by atoms with Gasteiger partial charge in [-0.1, -0.05) is 18.2 Å². The van der Waals surface area contributed by atoms with Crippen molar-refractivity contribution in [3.63, 3.8) is 0 Å². The van der Waals surface area contributed by atoms with E-state index < -0.39 is 0 Å². The predicted octanol–water partition coefficient (Wildman–Crippen LogP) is 3.61. The van der Waals surface area contributed by atoms with E-state index in [1.54, 1.807) is 36.4 Å². The van der Waals surface area contributed by atoms with Crippen LogP contribution in [0, 0.1) is 0 Å². The van der Waals surface area contributed by atoms with Crippen molar-refractivity contribution >= 4 is 33.4 Å². The molecular weight excluding hydrogens is 384 g/mol. The average molecular weight is 403 g/mol. The zero-order valence-corrected chi connectivity index (χ0v) is 15.2. The summed E-state index contributed by atoms with van der Waals surface area (Å²) < 4.78 is 6.22. The maximum absolute atomic E-state index is 12.4. The number of ether oxygens (including phenoxy) is 1. The van der Waals surface area contributed by atoms with Crippen LogP contribution in [-0.2, 0) is 4.74 Å². The Hall–Kier alpha value is -2.18. The molecule has 0 bridgehead atoms. The Morgan fingerprint density at radius 3 is 2.72 bits per heavy atom. The molecular formula is C19H19BrN2O3. The SMILES string of the molecule is O=C(NC[C@H]1CCCO1)c1cccc(NC(=O)c2ccccc2Br)c1. The first kappa shape index (κ1) is 17.6. The summed E-state index contributed by atoms with van der Waals surface area (Å²) in [4.78, 5) is 24.6. The number of benzene rings is 2. The van der Waals surface area contributed by atoms with Gasteiger partial charge in [0, 0.05) is 28.9 Å². The third-order valence-electron chi connectivity index (χ3n) is 4.02. The fourth-order valence-electron chi connectivity index (χ4n) is 2.70. The summed E-state index contributed by atoms with van der Waals surface area (Å²) in [5.74, 6) is -0.406. The quantitative estimate of drug-likeness (QED) is 0.802. The van der Waals surface area contributed by atoms with Crippen LogP contribution in [0.5, 0.6) is 0 Å². The highest BCUT2D eigenvalue weighted by Crippen LogP contribution is 2.18. The lowest BCUT2D eigenvalue weighted by Gasteiger charge is -2.12. The molecule has 0 aliphatic carbocycles. The van der Waals surface area contributed by atoms with Gasteiger partial charge in [-0.25, -0.2) is 0 Å². The van der Waals surface area contributed by atoms with Gasteiger partial charge >= 0.3 is 0 Å². The van der Waals surface area contributed by atoms with Gasteiger partial charge in [-0.15, -0.1) is 0 Å². The van der Waals surface area contributed by atoms with Crippen LogP contribution in [0.4, 0.5) is 5.69 Å². The lowest BCUT2D eigenvalue weighted by Crippen LogP contribution is -2.31. The van der Waals surface area contributed by atoms with Gasteiger partial charge in [0.2, 0.25) is 0 Å². The van der Waals surface area contributed by atoms with E-state index in [0.29, 0.717) is 23.4 Å². The molecule has 0 radical (unpaired) electrons. The van der Waals surface area contributed by atoms with Crippen LogP contribution >= 0.6 is 15.9 Å². The first-order valence-corrected chi connectivity index (χ1v) is 8.98. The fraction of sp³-hybridized carbons (Fsp3) is 0.263. The van der Waals surface area contributed by atoms with Crippen molar-refractivity contribution in [3.8, 4) is 0 Å². The molecule has 1 atom stereocenters. The number of hydrogen-bond donors (Lipinski definition) is 2. The van der Waals surface area contributed by atoms with Gasteiger partial charge in [0.15, 0.2) is 0 Å². The maximum atomic E-state index is 12.4. The van der Waals surface area contributed by atoms with Gasteiger partial charge in [0.05, 0.1) is 11.7 Å². The van der Waals surface area contributed by atoms with Gasteiger partial charge in [0.1, 0.15) is 0 Å². The molecule has 0 saturated carbocycles. The molecule has 130 valence electrons. The standard InChI is InChI=1S/C19H19BrN2O3/c20-17-9-2-1-8-16(17)19(24)22-14-6-3-5-13(11-14)18(23)21-12-15-7-4-10-25-15/h1-3,5-6,8-9,11,15H,4,7,10,12H2,(H,21,23)(H,22,24)/t15-/m1/s1. The third-order valence-corrected chi connectivity index (χ3v) is 4.71. The highest BCUT2D eigenvalue weighted by Gasteiger charge is 2.17. The molecule has 0 unspecified atom stereocenters. The zero-order valence-electron chi connectivity index (χ0n) is 13.6. The molecule has 5 nitrogen and oxygen atoms in total. The van der Waals surface area contributed by atoms with Crippen molar-refractivity contribution < 1.29 is 14.3 Å². The molecule has 0 aromatic heterocycles. The van der Waals surface area contributed by atoms with E-state index in [1.165, 1.54) is 0 Å². The third kappa shape index (κ3) is 4.67. The molecule has 0 spiro atoms. The Morgan fingerprint density at radius 1 is 1.12 bits per heavy atom. The van der Waals surface area contributed by atoms with E-state index in [9.17, 15) is 9.59 Å². The molecule has 1 aliphatic heterocycles. The van der Waals surface area contributed by atoms with Gasteiger partial charge in [0.25, 0.3) is 11.8 Å². The summed E-state index contributed by atoms with van der Waals surface area (Å²) in [6.07, 6.45) is 2.11. The molecule has 1 aliphatic rings. The molecule has 25 heavy (non-hydrogen) atoms. The van der Waals surface area contributed by atoms with Crippen LogP contribution in [0.1, 0.15) is 33.6 Å². The van der Waals surface area contributed by atoms with Gasteiger partial charge < -0.3 is 15.4 Å². The van der Waals surface area contributed by atoms with E-state index in [4.69, 9.17) is 4.74 Å². The van der Waals surface area contributed by atoms with Crippen LogP contribution in [0.25, 0.3) is 0 Å². The second-order valence-electron chi connectivity index (χ2n) is 5.86. The molecule has 6 heteroatoms. The molecule has 1 saturated heterocycles. The van der Waals surface area contributed by atoms with Crippen LogP contribution in [-0.4, -0.2) is 31.1 Å². The first-order chi connectivity index (χ1) is 12.1. The number of anilines is 1. The number of carbonyl (C=O) groups is 2. The Balaban J connectivity index is 1.63. The molecule has 2 amide bonds. The van der Waals surface area contributed by atoms with Crippen molar-refractivity contribution in [2.75, 3.05) is 18.5 Å². The number of amides is 2. The lowest BCUT2D eigenvalue weighted by molar-refractivity contribution is 0.0857. The minimum Gasteiger partial charge on any atom is -0.376 e. The lowest BCUT2D eigenvalue weighted by atomic mass is 10.1. The van der Waals surface area contributed by atoms with Gasteiger partial charge in [-0.3, -0.25) is 9.59 Å². The van der Waals surface area contributed by atoms with Crippen molar-refractivity contribution in [2.24, 2.45) is 0 Å². The molecule has 3 rings (SSSR count). The minimum atomic E-state index is -0.232. The Morgan fingerprint density at radius 2 is 1.96 bits per heavy atom. The summed E-state index contributed by atoms with van der Waals surface area (Å²) in [5.41, 5.74) is 1.61. The van der Waals surface area contributed by atoms with E-state index >= 15 is 0 Å². The fourth-order valence-corrected chi connectivity index (χ4v) is 3.16. The van der Waals surface area contributed by atoms with Crippen molar-refractivity contribution in [2.45, 2.75) is 18.9 Å². The monoisotopic (exact) mass is 402 g/mol. The van der Waals surface area contributed by atoms with Crippen molar-refractivity contribution in [3.05, 3.63) is 64.1 Å². The zero-order chi connectivity index (χ0) is 17.6. The molecule has 2 aromatic rings. The first-order valence-electron chi connectivity index (χ1n) is 8.19. The summed E-state index contributed by atoms with van der Waals surface area (Å²) in [5, 5.41) is 5.70. The smallest absolute Gasteiger partial charge is 0.256 e. The predicted molar refractivity (Wildman–Crippen MR) is 99.8 cm³/mol. The maximum Gasteiger partial charge on any atom is 0.256 e. The average Bonchev–Trinajstić information content (AvgIpc) is 3.14.